The molecule has 0 aromatic rings. The fourth-order valence-corrected chi connectivity index (χ4v) is 3.42. The molecule has 0 aromatic carbocycles. The van der Waals surface area contributed by atoms with Crippen molar-refractivity contribution in [1.82, 2.24) is 0 Å². The Morgan fingerprint density at radius 2 is 2.06 bits per heavy atom. The summed E-state index contributed by atoms with van der Waals surface area (Å²) in [5.41, 5.74) is 0.0737. The molecule has 1 aliphatic heterocycles. The number of ether oxygens (including phenoxy) is 1. The molecule has 2 rings (SSSR count). The Kier molecular flexibility index (Phi) is 4.24. The topological polar surface area (TPSA) is 26.3 Å². The van der Waals surface area contributed by atoms with Gasteiger partial charge in [-0.25, -0.2) is 0 Å². The van der Waals surface area contributed by atoms with Crippen LogP contribution in [0.4, 0.5) is 0 Å². The van der Waals surface area contributed by atoms with E-state index in [1.807, 2.05) is 0 Å². The highest BCUT2D eigenvalue weighted by molar-refractivity contribution is 5.83. The molecule has 1 aliphatic carbocycles. The van der Waals surface area contributed by atoms with Gasteiger partial charge in [0.15, 0.2) is 0 Å². The Bertz CT molecular complexity index is 261. The van der Waals surface area contributed by atoms with Gasteiger partial charge in [0.25, 0.3) is 0 Å². The first-order valence-corrected chi connectivity index (χ1v) is 7.34. The predicted molar refractivity (Wildman–Crippen MR) is 69.0 cm³/mol. The summed E-state index contributed by atoms with van der Waals surface area (Å²) in [5, 5.41) is 0. The second-order valence-electron chi connectivity index (χ2n) is 5.99. The van der Waals surface area contributed by atoms with Crippen LogP contribution in [0.5, 0.6) is 0 Å². The number of carbonyl (C=O) groups is 1. The molecule has 17 heavy (non-hydrogen) atoms. The molecule has 1 saturated heterocycles. The lowest BCUT2D eigenvalue weighted by Gasteiger charge is -2.43. The van der Waals surface area contributed by atoms with Crippen LogP contribution in [-0.4, -0.2) is 18.0 Å². The van der Waals surface area contributed by atoms with Crippen molar-refractivity contribution in [1.29, 1.82) is 0 Å². The minimum absolute atomic E-state index is 0.0737. The maximum atomic E-state index is 12.3. The lowest BCUT2D eigenvalue weighted by Crippen LogP contribution is -2.44. The molecule has 0 bridgehead atoms. The molecule has 0 radical (unpaired) electrons. The molecule has 2 atom stereocenters. The molecule has 2 nitrogen and oxygen atoms in total. The molecule has 1 saturated carbocycles. The zero-order valence-corrected chi connectivity index (χ0v) is 11.3. The van der Waals surface area contributed by atoms with Crippen LogP contribution >= 0.6 is 0 Å². The summed E-state index contributed by atoms with van der Waals surface area (Å²) >= 11 is 0. The Morgan fingerprint density at radius 1 is 1.35 bits per heavy atom. The van der Waals surface area contributed by atoms with Crippen molar-refractivity contribution in [3.8, 4) is 0 Å². The second kappa shape index (κ2) is 5.51. The van der Waals surface area contributed by atoms with E-state index < -0.39 is 0 Å². The van der Waals surface area contributed by atoms with Gasteiger partial charge >= 0.3 is 0 Å². The Balaban J connectivity index is 1.98. The fourth-order valence-electron chi connectivity index (χ4n) is 3.42. The van der Waals surface area contributed by atoms with E-state index in [1.165, 1.54) is 32.1 Å². The second-order valence-corrected chi connectivity index (χ2v) is 5.99. The van der Waals surface area contributed by atoms with Gasteiger partial charge in [0.05, 0.1) is 5.60 Å². The van der Waals surface area contributed by atoms with Crippen LogP contribution in [0.1, 0.15) is 65.2 Å². The van der Waals surface area contributed by atoms with Crippen LogP contribution in [0.2, 0.25) is 0 Å². The van der Waals surface area contributed by atoms with Crippen molar-refractivity contribution >= 4 is 5.78 Å². The summed E-state index contributed by atoms with van der Waals surface area (Å²) in [7, 11) is 0. The van der Waals surface area contributed by atoms with Crippen molar-refractivity contribution in [2.24, 2.45) is 11.8 Å². The molecule has 2 aliphatic rings. The molecule has 2 unspecified atom stereocenters. The van der Waals surface area contributed by atoms with Crippen molar-refractivity contribution in [3.05, 3.63) is 0 Å². The average molecular weight is 238 g/mol. The quantitative estimate of drug-likeness (QED) is 0.749. The number of hydrogen-bond acceptors (Lipinski definition) is 2. The van der Waals surface area contributed by atoms with Gasteiger partial charge in [0.2, 0.25) is 0 Å². The van der Waals surface area contributed by atoms with Gasteiger partial charge in [-0.2, -0.15) is 0 Å². The van der Waals surface area contributed by atoms with Crippen LogP contribution in [-0.2, 0) is 9.53 Å². The van der Waals surface area contributed by atoms with Crippen LogP contribution in [0, 0.1) is 11.8 Å². The van der Waals surface area contributed by atoms with Gasteiger partial charge in [0.1, 0.15) is 5.78 Å². The first kappa shape index (κ1) is 13.1. The summed E-state index contributed by atoms with van der Waals surface area (Å²) in [6.07, 6.45) is 9.18. The lowest BCUT2D eigenvalue weighted by molar-refractivity contribution is -0.145. The van der Waals surface area contributed by atoms with E-state index in [4.69, 9.17) is 4.74 Å². The highest BCUT2D eigenvalue weighted by Gasteiger charge is 2.41. The average Bonchev–Trinajstić information content (AvgIpc) is 2.38. The molecule has 0 amide bonds. The van der Waals surface area contributed by atoms with Crippen molar-refractivity contribution in [2.45, 2.75) is 70.8 Å². The molecular formula is C15H26O2. The SMILES string of the molecule is CCC(C)C(=O)C1CCOC2(CCCCC2)C1. The number of ketones is 1. The number of rotatable bonds is 3. The summed E-state index contributed by atoms with van der Waals surface area (Å²) in [5.74, 6) is 0.997. The molecule has 1 heterocycles. The lowest BCUT2D eigenvalue weighted by atomic mass is 9.73. The van der Waals surface area contributed by atoms with E-state index in [1.54, 1.807) is 0 Å². The first-order chi connectivity index (χ1) is 8.17. The van der Waals surface area contributed by atoms with Crippen LogP contribution in [0.3, 0.4) is 0 Å². The molecule has 1 spiro atoms. The normalized spacial score (nSPS) is 30.1. The molecule has 2 fully saturated rings. The van der Waals surface area contributed by atoms with Crippen molar-refractivity contribution < 1.29 is 9.53 Å². The minimum atomic E-state index is 0.0737. The van der Waals surface area contributed by atoms with Gasteiger partial charge in [-0.05, 0) is 32.1 Å². The highest BCUT2D eigenvalue weighted by atomic mass is 16.5. The molecule has 0 N–H and O–H groups in total. The van der Waals surface area contributed by atoms with E-state index in [-0.39, 0.29) is 17.4 Å². The highest BCUT2D eigenvalue weighted by Crippen LogP contribution is 2.41. The smallest absolute Gasteiger partial charge is 0.138 e. The molecule has 98 valence electrons. The van der Waals surface area contributed by atoms with E-state index >= 15 is 0 Å². The van der Waals surface area contributed by atoms with Gasteiger partial charge in [-0.1, -0.05) is 33.1 Å². The molecule has 2 heteroatoms. The van der Waals surface area contributed by atoms with Gasteiger partial charge in [-0.3, -0.25) is 4.79 Å². The Hall–Kier alpha value is -0.370. The summed E-state index contributed by atoms with van der Waals surface area (Å²) in [6, 6.07) is 0. The number of carbonyl (C=O) groups excluding carboxylic acids is 1. The minimum Gasteiger partial charge on any atom is -0.375 e. The fraction of sp³-hybridized carbons (Fsp3) is 0.933. The van der Waals surface area contributed by atoms with Crippen LogP contribution < -0.4 is 0 Å². The van der Waals surface area contributed by atoms with E-state index in [0.717, 1.165) is 25.9 Å². The Labute approximate surface area is 105 Å². The number of Topliss-reactive ketones (excluding diaryl/α,β-unsaturated/α-hetero) is 1. The maximum Gasteiger partial charge on any atom is 0.138 e. The maximum absolute atomic E-state index is 12.3. The van der Waals surface area contributed by atoms with E-state index in [2.05, 4.69) is 13.8 Å². The standard InChI is InChI=1S/C15H26O2/c1-3-12(2)14(16)13-7-10-17-15(11-13)8-5-4-6-9-15/h12-13H,3-11H2,1-2H3. The predicted octanol–water partition coefficient (Wildman–Crippen LogP) is 3.73. The van der Waals surface area contributed by atoms with E-state index in [0.29, 0.717) is 5.78 Å². The summed E-state index contributed by atoms with van der Waals surface area (Å²) in [6.45, 7) is 4.98. The third-order valence-electron chi connectivity index (χ3n) is 4.76. The van der Waals surface area contributed by atoms with Gasteiger partial charge < -0.3 is 4.74 Å². The Morgan fingerprint density at radius 3 is 2.71 bits per heavy atom. The van der Waals surface area contributed by atoms with Crippen molar-refractivity contribution in [3.63, 3.8) is 0 Å². The first-order valence-electron chi connectivity index (χ1n) is 7.34. The van der Waals surface area contributed by atoms with Gasteiger partial charge in [-0.15, -0.1) is 0 Å². The third kappa shape index (κ3) is 2.90. The zero-order valence-electron chi connectivity index (χ0n) is 11.3. The molecule has 0 aromatic heterocycles. The third-order valence-corrected chi connectivity index (χ3v) is 4.76. The molecular weight excluding hydrogens is 212 g/mol. The van der Waals surface area contributed by atoms with Crippen LogP contribution in [0.15, 0.2) is 0 Å². The summed E-state index contributed by atoms with van der Waals surface area (Å²) < 4.78 is 6.05. The van der Waals surface area contributed by atoms with E-state index in [9.17, 15) is 4.79 Å². The van der Waals surface area contributed by atoms with Crippen LogP contribution in [0.25, 0.3) is 0 Å². The number of hydrogen-bond donors (Lipinski definition) is 0. The van der Waals surface area contributed by atoms with Gasteiger partial charge in [0, 0.05) is 18.4 Å². The van der Waals surface area contributed by atoms with Crippen molar-refractivity contribution in [2.75, 3.05) is 6.61 Å². The zero-order chi connectivity index (χ0) is 12.3. The monoisotopic (exact) mass is 238 g/mol. The summed E-state index contributed by atoms with van der Waals surface area (Å²) in [4.78, 5) is 12.3. The largest absolute Gasteiger partial charge is 0.375 e.